The van der Waals surface area contributed by atoms with Crippen LogP contribution in [-0.4, -0.2) is 120 Å². The Labute approximate surface area is 365 Å². The molecule has 0 saturated carbocycles. The Hall–Kier alpha value is -5.65. The van der Waals surface area contributed by atoms with Gasteiger partial charge in [-0.1, -0.05) is 57.2 Å². The van der Waals surface area contributed by atoms with Gasteiger partial charge < -0.3 is 48.8 Å². The van der Waals surface area contributed by atoms with Crippen LogP contribution in [0.2, 0.25) is 0 Å². The molecule has 63 heavy (non-hydrogen) atoms. The number of hydrogen-bond donors (Lipinski definition) is 4. The molecule has 2 aromatic heterocycles. The molecule has 3 fully saturated rings. The van der Waals surface area contributed by atoms with Crippen LogP contribution in [0.3, 0.4) is 0 Å². The average Bonchev–Trinajstić information content (AvgIpc) is 4.08. The van der Waals surface area contributed by atoms with Crippen LogP contribution in [0.1, 0.15) is 64.3 Å². The number of benzene rings is 4. The van der Waals surface area contributed by atoms with Crippen molar-refractivity contribution in [2.24, 2.45) is 17.8 Å². The Morgan fingerprint density at radius 1 is 0.778 bits per heavy atom. The first kappa shape index (κ1) is 42.6. The van der Waals surface area contributed by atoms with Crippen molar-refractivity contribution in [2.75, 3.05) is 47.8 Å². The standard InChI is InChI=1S/C47H56N8O8/c1-24(2)38(53-47-62-23-63-47)44(56)54-20-25(3)16-36(54)42-48-34-14-10-30-18-28(8-12-32(30)40(34)50-42)29-9-13-33-31(19-29)11-15-35-41(33)51-43(49-35)37-17-27(22-59-5)21-55(37)45(57)39(26(4)60-6)52-46(58)61-7/h8-15,18-19,24-27,36-39,47,53H,16-17,20-23H2,1-7H3,(H,48,50)(H,49,51)(H,52,58)/t25-,26+,27-,36-,37-,38-,39-/m0/s1. The fourth-order valence-corrected chi connectivity index (χ4v) is 9.63. The molecular formula is C47H56N8O8. The first-order valence-electron chi connectivity index (χ1n) is 21.8. The number of aromatic amines is 2. The predicted molar refractivity (Wildman–Crippen MR) is 237 cm³/mol. The third kappa shape index (κ3) is 8.10. The third-order valence-electron chi connectivity index (χ3n) is 13.1. The molecule has 4 aromatic carbocycles. The number of hydrogen-bond acceptors (Lipinski definition) is 11. The van der Waals surface area contributed by atoms with E-state index in [0.717, 1.165) is 67.0 Å². The first-order chi connectivity index (χ1) is 30.4. The summed E-state index contributed by atoms with van der Waals surface area (Å²) in [5.74, 6) is 1.66. The largest absolute Gasteiger partial charge is 0.453 e. The fourth-order valence-electron chi connectivity index (χ4n) is 9.63. The van der Waals surface area contributed by atoms with Crippen molar-refractivity contribution in [3.05, 3.63) is 72.3 Å². The molecule has 3 amide bonds. The molecule has 7 atom stereocenters. The van der Waals surface area contributed by atoms with E-state index >= 15 is 0 Å². The van der Waals surface area contributed by atoms with Crippen molar-refractivity contribution in [3.63, 3.8) is 0 Å². The SMILES string of the molecule is COC[C@H]1C[C@@H](c2nc3c(ccc4cc(-c5ccc6c(ccc7[nH]c([C@@H]8C[C@H](C)CN8C(=O)[C@@H](NC8OCO8)C(C)C)nc76)c5)ccc43)[nH]2)N(C(=O)[C@@H](NC(=O)OC)[C@@H](C)OC)C1. The van der Waals surface area contributed by atoms with Crippen molar-refractivity contribution in [1.29, 1.82) is 0 Å². The zero-order valence-corrected chi connectivity index (χ0v) is 36.8. The molecule has 5 heterocycles. The van der Waals surface area contributed by atoms with Crippen LogP contribution in [0.15, 0.2) is 60.7 Å². The smallest absolute Gasteiger partial charge is 0.407 e. The van der Waals surface area contributed by atoms with E-state index in [0.29, 0.717) is 37.9 Å². The normalized spacial score (nSPS) is 22.0. The number of likely N-dealkylation sites (tertiary alicyclic amines) is 2. The molecule has 16 nitrogen and oxygen atoms in total. The second kappa shape index (κ2) is 17.5. The van der Waals surface area contributed by atoms with Crippen molar-refractivity contribution >= 4 is 61.5 Å². The van der Waals surface area contributed by atoms with Crippen LogP contribution in [0, 0.1) is 17.8 Å². The number of H-pyrrole nitrogens is 2. The summed E-state index contributed by atoms with van der Waals surface area (Å²) in [7, 11) is 4.42. The molecule has 4 N–H and O–H groups in total. The van der Waals surface area contributed by atoms with E-state index in [4.69, 9.17) is 33.7 Å². The maximum absolute atomic E-state index is 14.1. The highest BCUT2D eigenvalue weighted by Crippen LogP contribution is 2.40. The summed E-state index contributed by atoms with van der Waals surface area (Å²) in [5.41, 5.74) is 5.63. The minimum absolute atomic E-state index is 0.0261. The van der Waals surface area contributed by atoms with E-state index in [-0.39, 0.29) is 42.5 Å². The van der Waals surface area contributed by atoms with Crippen molar-refractivity contribution in [1.82, 2.24) is 40.4 Å². The molecule has 16 heteroatoms. The highest BCUT2D eigenvalue weighted by molar-refractivity contribution is 6.07. The molecular weight excluding hydrogens is 805 g/mol. The molecule has 3 aliphatic rings. The number of methoxy groups -OCH3 is 3. The molecule has 0 spiro atoms. The molecule has 332 valence electrons. The van der Waals surface area contributed by atoms with Gasteiger partial charge in [-0.25, -0.2) is 14.8 Å². The molecule has 0 bridgehead atoms. The van der Waals surface area contributed by atoms with Crippen LogP contribution in [-0.2, 0) is 33.3 Å². The van der Waals surface area contributed by atoms with Gasteiger partial charge in [0.2, 0.25) is 18.2 Å². The average molecular weight is 861 g/mol. The number of imidazole rings is 2. The number of carbonyl (C=O) groups excluding carboxylic acids is 3. The minimum atomic E-state index is -0.953. The number of ether oxygens (including phenoxy) is 5. The van der Waals surface area contributed by atoms with Crippen LogP contribution in [0.5, 0.6) is 0 Å². The van der Waals surface area contributed by atoms with E-state index < -0.39 is 30.7 Å². The Kier molecular flexibility index (Phi) is 11.8. The number of nitrogens with one attached hydrogen (secondary N) is 4. The fraction of sp³-hybridized carbons (Fsp3) is 0.468. The van der Waals surface area contributed by atoms with Gasteiger partial charge in [0.05, 0.1) is 60.0 Å². The number of carbonyl (C=O) groups is 3. The third-order valence-corrected chi connectivity index (χ3v) is 13.1. The van der Waals surface area contributed by atoms with Gasteiger partial charge in [-0.3, -0.25) is 14.9 Å². The molecule has 3 aliphatic heterocycles. The minimum Gasteiger partial charge on any atom is -0.453 e. The molecule has 0 radical (unpaired) electrons. The zero-order valence-electron chi connectivity index (χ0n) is 36.8. The lowest BCUT2D eigenvalue weighted by Gasteiger charge is -2.35. The number of nitrogens with zero attached hydrogens (tertiary/aromatic N) is 4. The Morgan fingerprint density at radius 3 is 1.87 bits per heavy atom. The topological polar surface area (TPSA) is 185 Å². The number of fused-ring (bicyclic) bond motifs is 6. The second-order valence-corrected chi connectivity index (χ2v) is 17.7. The van der Waals surface area contributed by atoms with Gasteiger partial charge in [0.1, 0.15) is 17.7 Å². The lowest BCUT2D eigenvalue weighted by molar-refractivity contribution is -0.335. The van der Waals surface area contributed by atoms with Crippen molar-refractivity contribution in [3.8, 4) is 11.1 Å². The zero-order chi connectivity index (χ0) is 44.1. The second-order valence-electron chi connectivity index (χ2n) is 17.7. The number of amides is 3. The lowest BCUT2D eigenvalue weighted by atomic mass is 9.98. The monoisotopic (exact) mass is 860 g/mol. The van der Waals surface area contributed by atoms with Crippen LogP contribution >= 0.6 is 0 Å². The number of alkyl carbamates (subject to hydrolysis) is 1. The Bertz CT molecular complexity index is 2680. The van der Waals surface area contributed by atoms with Gasteiger partial charge >= 0.3 is 6.09 Å². The summed E-state index contributed by atoms with van der Waals surface area (Å²) in [6, 6.07) is 19.2. The van der Waals surface area contributed by atoms with Crippen molar-refractivity contribution < 1.29 is 38.1 Å². The van der Waals surface area contributed by atoms with Crippen molar-refractivity contribution in [2.45, 2.75) is 77.2 Å². The maximum Gasteiger partial charge on any atom is 0.407 e. The van der Waals surface area contributed by atoms with E-state index in [9.17, 15) is 14.4 Å². The Morgan fingerprint density at radius 2 is 1.35 bits per heavy atom. The van der Waals surface area contributed by atoms with Gasteiger partial charge in [-0.15, -0.1) is 0 Å². The molecule has 6 aromatic rings. The van der Waals surface area contributed by atoms with Crippen LogP contribution < -0.4 is 10.6 Å². The van der Waals surface area contributed by atoms with Crippen LogP contribution in [0.25, 0.3) is 54.7 Å². The number of aromatic nitrogens is 4. The predicted octanol–water partition coefficient (Wildman–Crippen LogP) is 6.52. The molecule has 9 rings (SSSR count). The highest BCUT2D eigenvalue weighted by Gasteiger charge is 2.43. The first-order valence-corrected chi connectivity index (χ1v) is 21.8. The Balaban J connectivity index is 0.983. The quantitative estimate of drug-likeness (QED) is 0.0992. The molecule has 0 aliphatic carbocycles. The van der Waals surface area contributed by atoms with Gasteiger partial charge in [0.15, 0.2) is 6.79 Å². The molecule has 3 saturated heterocycles. The van der Waals surface area contributed by atoms with E-state index in [2.05, 4.69) is 82.1 Å². The van der Waals surface area contributed by atoms with E-state index in [1.165, 1.54) is 14.2 Å². The summed E-state index contributed by atoms with van der Waals surface area (Å²) < 4.78 is 26.7. The summed E-state index contributed by atoms with van der Waals surface area (Å²) in [6.07, 6.45) is -0.407. The van der Waals surface area contributed by atoms with Gasteiger partial charge in [0, 0.05) is 44.0 Å². The summed E-state index contributed by atoms with van der Waals surface area (Å²) in [4.78, 5) is 61.5. The summed E-state index contributed by atoms with van der Waals surface area (Å²) in [6.45, 7) is 9.78. The maximum atomic E-state index is 14.1. The van der Waals surface area contributed by atoms with E-state index in [1.54, 1.807) is 18.9 Å². The van der Waals surface area contributed by atoms with Gasteiger partial charge in [-0.2, -0.15) is 0 Å². The summed E-state index contributed by atoms with van der Waals surface area (Å²) >= 11 is 0. The van der Waals surface area contributed by atoms with Gasteiger partial charge in [-0.05, 0) is 77.8 Å². The lowest BCUT2D eigenvalue weighted by Crippen LogP contribution is -2.56. The van der Waals surface area contributed by atoms with Gasteiger partial charge in [0.25, 0.3) is 0 Å². The highest BCUT2D eigenvalue weighted by atomic mass is 16.9. The van der Waals surface area contributed by atoms with Crippen LogP contribution in [0.4, 0.5) is 4.79 Å². The van der Waals surface area contributed by atoms with E-state index in [1.807, 2.05) is 24.8 Å². The number of rotatable bonds is 13. The molecule has 0 unspecified atom stereocenters. The summed E-state index contributed by atoms with van der Waals surface area (Å²) in [5, 5.41) is 10.0.